The Balaban J connectivity index is 1.97. The van der Waals surface area contributed by atoms with Crippen LogP contribution in [-0.2, 0) is 6.42 Å². The minimum atomic E-state index is 0.350. The second kappa shape index (κ2) is 6.00. The van der Waals surface area contributed by atoms with Crippen LogP contribution in [0.1, 0.15) is 5.56 Å². The van der Waals surface area contributed by atoms with E-state index in [9.17, 15) is 0 Å². The molecule has 0 amide bonds. The molecule has 1 aliphatic rings. The molecule has 3 aromatic rings. The number of nitrogens with zero attached hydrogens (tertiary/aromatic N) is 3. The largest absolute Gasteiger partial charge is 0.381 e. The predicted octanol–water partition coefficient (Wildman–Crippen LogP) is 5.07. The Morgan fingerprint density at radius 1 is 1.00 bits per heavy atom. The standard InChI is InChI=1S/C18H12BrClN4/c19-17-18(21)24-15(10-4-2-1-3-5-10)16(23-17)11-8-13(20)12-6-7-22-14(12)9-11/h1-5,7-9H,6H2,(H2,21,24). The van der Waals surface area contributed by atoms with Gasteiger partial charge < -0.3 is 5.73 Å². The van der Waals surface area contributed by atoms with E-state index < -0.39 is 0 Å². The minimum absolute atomic E-state index is 0.350. The Kier molecular flexibility index (Phi) is 3.82. The van der Waals surface area contributed by atoms with E-state index in [1.807, 2.05) is 48.7 Å². The molecule has 2 N–H and O–H groups in total. The maximum absolute atomic E-state index is 6.43. The molecule has 0 aliphatic carbocycles. The number of rotatable bonds is 2. The highest BCUT2D eigenvalue weighted by Crippen LogP contribution is 2.39. The lowest BCUT2D eigenvalue weighted by atomic mass is 10.0. The Morgan fingerprint density at radius 3 is 2.54 bits per heavy atom. The van der Waals surface area contributed by atoms with Crippen molar-refractivity contribution in [2.24, 2.45) is 4.99 Å². The average Bonchev–Trinajstić information content (AvgIpc) is 3.07. The summed E-state index contributed by atoms with van der Waals surface area (Å²) in [5.74, 6) is 0.350. The third-order valence-corrected chi connectivity index (χ3v) is 4.82. The summed E-state index contributed by atoms with van der Waals surface area (Å²) in [4.78, 5) is 13.5. The van der Waals surface area contributed by atoms with Crippen LogP contribution in [0, 0.1) is 0 Å². The maximum Gasteiger partial charge on any atom is 0.157 e. The molecule has 6 heteroatoms. The van der Waals surface area contributed by atoms with E-state index in [-0.39, 0.29) is 0 Å². The van der Waals surface area contributed by atoms with E-state index in [4.69, 9.17) is 17.3 Å². The Bertz CT molecular complexity index is 970. The lowest BCUT2D eigenvalue weighted by Gasteiger charge is -2.12. The average molecular weight is 400 g/mol. The minimum Gasteiger partial charge on any atom is -0.381 e. The van der Waals surface area contributed by atoms with Gasteiger partial charge in [-0.3, -0.25) is 4.99 Å². The molecule has 24 heavy (non-hydrogen) atoms. The Labute approximate surface area is 152 Å². The van der Waals surface area contributed by atoms with Crippen LogP contribution in [-0.4, -0.2) is 16.2 Å². The first-order valence-electron chi connectivity index (χ1n) is 7.37. The molecule has 0 atom stereocenters. The van der Waals surface area contributed by atoms with Crippen molar-refractivity contribution in [1.29, 1.82) is 0 Å². The summed E-state index contributed by atoms with van der Waals surface area (Å²) in [6.45, 7) is 0. The van der Waals surface area contributed by atoms with Gasteiger partial charge in [-0.05, 0) is 28.1 Å². The Hall–Kier alpha value is -2.24. The number of benzene rings is 2. The number of halogens is 2. The van der Waals surface area contributed by atoms with Gasteiger partial charge in [-0.25, -0.2) is 9.97 Å². The number of aliphatic imine (C=N–C) groups is 1. The summed E-state index contributed by atoms with van der Waals surface area (Å²) in [5, 5.41) is 0.689. The number of hydrogen-bond acceptors (Lipinski definition) is 4. The van der Waals surface area contributed by atoms with Gasteiger partial charge in [-0.2, -0.15) is 0 Å². The van der Waals surface area contributed by atoms with Crippen LogP contribution in [0.2, 0.25) is 5.02 Å². The van der Waals surface area contributed by atoms with Crippen LogP contribution in [0.3, 0.4) is 0 Å². The summed E-state index contributed by atoms with van der Waals surface area (Å²) in [6.07, 6.45) is 2.63. The second-order valence-electron chi connectivity index (χ2n) is 5.43. The van der Waals surface area contributed by atoms with Crippen molar-refractivity contribution in [3.63, 3.8) is 0 Å². The van der Waals surface area contributed by atoms with Crippen LogP contribution in [0.4, 0.5) is 11.5 Å². The Morgan fingerprint density at radius 2 is 1.75 bits per heavy atom. The molecule has 0 bridgehead atoms. The molecule has 4 rings (SSSR count). The molecule has 0 saturated carbocycles. The van der Waals surface area contributed by atoms with Crippen LogP contribution in [0.5, 0.6) is 0 Å². The summed E-state index contributed by atoms with van der Waals surface area (Å²) in [6, 6.07) is 13.7. The molecule has 0 radical (unpaired) electrons. The quantitative estimate of drug-likeness (QED) is 0.654. The van der Waals surface area contributed by atoms with Gasteiger partial charge in [0.25, 0.3) is 0 Å². The second-order valence-corrected chi connectivity index (χ2v) is 6.59. The molecule has 2 aromatic carbocycles. The van der Waals surface area contributed by atoms with E-state index in [2.05, 4.69) is 30.9 Å². The highest BCUT2D eigenvalue weighted by atomic mass is 79.9. The first-order chi connectivity index (χ1) is 11.6. The van der Waals surface area contributed by atoms with Crippen LogP contribution in [0.25, 0.3) is 22.5 Å². The van der Waals surface area contributed by atoms with E-state index in [1.54, 1.807) is 0 Å². The van der Waals surface area contributed by atoms with Crippen molar-refractivity contribution in [1.82, 2.24) is 9.97 Å². The molecule has 1 aromatic heterocycles. The molecule has 4 nitrogen and oxygen atoms in total. The molecule has 0 fully saturated rings. The third kappa shape index (κ3) is 2.60. The van der Waals surface area contributed by atoms with Crippen LogP contribution >= 0.6 is 27.5 Å². The molecule has 2 heterocycles. The van der Waals surface area contributed by atoms with Gasteiger partial charge in [0.15, 0.2) is 5.82 Å². The monoisotopic (exact) mass is 398 g/mol. The normalized spacial score (nSPS) is 12.4. The van der Waals surface area contributed by atoms with Crippen molar-refractivity contribution in [2.45, 2.75) is 6.42 Å². The van der Waals surface area contributed by atoms with Crippen LogP contribution < -0.4 is 5.73 Å². The molecular weight excluding hydrogens is 388 g/mol. The van der Waals surface area contributed by atoms with Gasteiger partial charge in [0.2, 0.25) is 0 Å². The van der Waals surface area contributed by atoms with E-state index in [0.29, 0.717) is 26.8 Å². The lowest BCUT2D eigenvalue weighted by Crippen LogP contribution is -2.00. The first kappa shape index (κ1) is 15.3. The van der Waals surface area contributed by atoms with Crippen molar-refractivity contribution in [3.05, 3.63) is 57.7 Å². The summed E-state index contributed by atoms with van der Waals surface area (Å²) < 4.78 is 0.511. The molecule has 1 aliphatic heterocycles. The van der Waals surface area contributed by atoms with Gasteiger partial charge >= 0.3 is 0 Å². The molecule has 0 spiro atoms. The van der Waals surface area contributed by atoms with Gasteiger partial charge in [0, 0.05) is 34.3 Å². The molecule has 0 unspecified atom stereocenters. The predicted molar refractivity (Wildman–Crippen MR) is 102 cm³/mol. The SMILES string of the molecule is Nc1nc(-c2ccccc2)c(-c2cc(Cl)c3c(c2)N=CC3)nc1Br. The van der Waals surface area contributed by atoms with Gasteiger partial charge in [-0.15, -0.1) is 0 Å². The molecule has 0 saturated heterocycles. The highest BCUT2D eigenvalue weighted by Gasteiger charge is 2.18. The number of aromatic nitrogens is 2. The van der Waals surface area contributed by atoms with Crippen molar-refractivity contribution in [3.8, 4) is 22.5 Å². The summed E-state index contributed by atoms with van der Waals surface area (Å²) >= 11 is 9.80. The van der Waals surface area contributed by atoms with Gasteiger partial charge in [0.1, 0.15) is 4.60 Å². The fraction of sp³-hybridized carbons (Fsp3) is 0.0556. The van der Waals surface area contributed by atoms with Crippen molar-refractivity contribution in [2.75, 3.05) is 5.73 Å². The number of fused-ring (bicyclic) bond motifs is 1. The van der Waals surface area contributed by atoms with E-state index >= 15 is 0 Å². The lowest BCUT2D eigenvalue weighted by molar-refractivity contribution is 1.18. The highest BCUT2D eigenvalue weighted by molar-refractivity contribution is 9.10. The smallest absolute Gasteiger partial charge is 0.157 e. The zero-order chi connectivity index (χ0) is 16.7. The summed E-state index contributed by atoms with van der Waals surface area (Å²) in [7, 11) is 0. The van der Waals surface area contributed by atoms with Gasteiger partial charge in [0.05, 0.1) is 17.1 Å². The number of nitrogens with two attached hydrogens (primary N) is 1. The number of hydrogen-bond donors (Lipinski definition) is 1. The molecular formula is C18H12BrClN4. The number of anilines is 1. The molecule has 118 valence electrons. The fourth-order valence-electron chi connectivity index (χ4n) is 2.74. The third-order valence-electron chi connectivity index (χ3n) is 3.90. The van der Waals surface area contributed by atoms with E-state index in [0.717, 1.165) is 28.8 Å². The topological polar surface area (TPSA) is 64.2 Å². The zero-order valence-corrected chi connectivity index (χ0v) is 14.8. The number of nitrogen functional groups attached to an aromatic ring is 1. The maximum atomic E-state index is 6.43. The van der Waals surface area contributed by atoms with E-state index in [1.165, 1.54) is 0 Å². The van der Waals surface area contributed by atoms with Crippen molar-refractivity contribution < 1.29 is 0 Å². The van der Waals surface area contributed by atoms with Crippen LogP contribution in [0.15, 0.2) is 52.1 Å². The van der Waals surface area contributed by atoms with Gasteiger partial charge in [-0.1, -0.05) is 41.9 Å². The fourth-order valence-corrected chi connectivity index (χ4v) is 3.30. The van der Waals surface area contributed by atoms with Crippen molar-refractivity contribution >= 4 is 45.3 Å². The first-order valence-corrected chi connectivity index (χ1v) is 8.54. The summed E-state index contributed by atoms with van der Waals surface area (Å²) in [5.41, 5.74) is 11.1. The zero-order valence-electron chi connectivity index (χ0n) is 12.5.